The van der Waals surface area contributed by atoms with Crippen molar-refractivity contribution in [1.29, 1.82) is 0 Å². The van der Waals surface area contributed by atoms with Crippen molar-refractivity contribution < 1.29 is 4.74 Å². The molecule has 0 aliphatic carbocycles. The van der Waals surface area contributed by atoms with Gasteiger partial charge in [-0.25, -0.2) is 4.68 Å². The molecule has 0 spiro atoms. The molecule has 0 bridgehead atoms. The van der Waals surface area contributed by atoms with Crippen LogP contribution in [0.2, 0.25) is 0 Å². The Labute approximate surface area is 125 Å². The Kier molecular flexibility index (Phi) is 4.77. The van der Waals surface area contributed by atoms with E-state index in [1.807, 2.05) is 16.8 Å². The standard InChI is InChI=1S/C15H23N5O/c1-10(2)5-6-11(3)20-15(17-18-19-20)12-7-13(16)9-14(8-12)21-4/h7-11H,5-6,16H2,1-4H3. The van der Waals surface area contributed by atoms with Crippen LogP contribution in [0.4, 0.5) is 5.69 Å². The molecule has 1 aromatic heterocycles. The number of aromatic nitrogens is 4. The highest BCUT2D eigenvalue weighted by Crippen LogP contribution is 2.28. The lowest BCUT2D eigenvalue weighted by Crippen LogP contribution is -2.10. The van der Waals surface area contributed by atoms with Gasteiger partial charge in [0.1, 0.15) is 5.75 Å². The summed E-state index contributed by atoms with van der Waals surface area (Å²) >= 11 is 0. The molecule has 0 aliphatic rings. The molecule has 1 atom stereocenters. The molecule has 6 nitrogen and oxygen atoms in total. The molecule has 21 heavy (non-hydrogen) atoms. The van der Waals surface area contributed by atoms with E-state index in [2.05, 4.69) is 36.3 Å². The van der Waals surface area contributed by atoms with Crippen LogP contribution >= 0.6 is 0 Å². The monoisotopic (exact) mass is 289 g/mol. The molecule has 0 saturated heterocycles. The van der Waals surface area contributed by atoms with Crippen LogP contribution in [0, 0.1) is 5.92 Å². The van der Waals surface area contributed by atoms with Crippen LogP contribution in [-0.4, -0.2) is 27.3 Å². The normalized spacial score (nSPS) is 12.6. The van der Waals surface area contributed by atoms with Gasteiger partial charge in [0, 0.05) is 17.3 Å². The number of hydrogen-bond donors (Lipinski definition) is 1. The quantitative estimate of drug-likeness (QED) is 0.827. The molecule has 0 saturated carbocycles. The summed E-state index contributed by atoms with van der Waals surface area (Å²) in [7, 11) is 1.62. The number of hydrogen-bond acceptors (Lipinski definition) is 5. The predicted octanol–water partition coefficient (Wildman–Crippen LogP) is 2.93. The fourth-order valence-corrected chi connectivity index (χ4v) is 2.25. The molecule has 2 rings (SSSR count). The second-order valence-electron chi connectivity index (χ2n) is 5.76. The zero-order valence-corrected chi connectivity index (χ0v) is 13.1. The summed E-state index contributed by atoms with van der Waals surface area (Å²) in [5.74, 6) is 2.09. The van der Waals surface area contributed by atoms with Crippen molar-refractivity contribution in [3.8, 4) is 17.1 Å². The lowest BCUT2D eigenvalue weighted by atomic mass is 10.0. The van der Waals surface area contributed by atoms with E-state index in [0.29, 0.717) is 17.4 Å². The number of nitrogens with zero attached hydrogens (tertiary/aromatic N) is 4. The largest absolute Gasteiger partial charge is 0.497 e. The first-order valence-corrected chi connectivity index (χ1v) is 7.24. The lowest BCUT2D eigenvalue weighted by Gasteiger charge is -2.15. The number of anilines is 1. The topological polar surface area (TPSA) is 78.8 Å². The second kappa shape index (κ2) is 6.56. The molecule has 1 heterocycles. The van der Waals surface area contributed by atoms with Gasteiger partial charge in [0.05, 0.1) is 13.2 Å². The van der Waals surface area contributed by atoms with Gasteiger partial charge >= 0.3 is 0 Å². The molecule has 0 aliphatic heterocycles. The summed E-state index contributed by atoms with van der Waals surface area (Å²) < 4.78 is 7.11. The highest BCUT2D eigenvalue weighted by Gasteiger charge is 2.16. The number of ether oxygens (including phenoxy) is 1. The average Bonchev–Trinajstić information content (AvgIpc) is 2.93. The summed E-state index contributed by atoms with van der Waals surface area (Å²) in [5, 5.41) is 12.1. The van der Waals surface area contributed by atoms with Crippen molar-refractivity contribution in [1.82, 2.24) is 20.2 Å². The summed E-state index contributed by atoms with van der Waals surface area (Å²) in [6, 6.07) is 5.78. The number of nitrogen functional groups attached to an aromatic ring is 1. The third kappa shape index (κ3) is 3.71. The summed E-state index contributed by atoms with van der Waals surface area (Å²) in [5.41, 5.74) is 7.41. The van der Waals surface area contributed by atoms with E-state index in [-0.39, 0.29) is 6.04 Å². The van der Waals surface area contributed by atoms with E-state index in [1.54, 1.807) is 13.2 Å². The number of methoxy groups -OCH3 is 1. The van der Waals surface area contributed by atoms with Crippen molar-refractivity contribution in [3.63, 3.8) is 0 Å². The smallest absolute Gasteiger partial charge is 0.182 e. The molecular formula is C15H23N5O. The van der Waals surface area contributed by atoms with Gasteiger partial charge in [-0.2, -0.15) is 0 Å². The van der Waals surface area contributed by atoms with Crippen molar-refractivity contribution in [3.05, 3.63) is 18.2 Å². The van der Waals surface area contributed by atoms with Gasteiger partial charge in [-0.3, -0.25) is 0 Å². The first-order valence-electron chi connectivity index (χ1n) is 7.24. The molecule has 1 aromatic carbocycles. The van der Waals surface area contributed by atoms with Crippen LogP contribution in [0.3, 0.4) is 0 Å². The maximum Gasteiger partial charge on any atom is 0.182 e. The molecule has 2 aromatic rings. The predicted molar refractivity (Wildman–Crippen MR) is 83.0 cm³/mol. The van der Waals surface area contributed by atoms with E-state index < -0.39 is 0 Å². The Bertz CT molecular complexity index is 593. The minimum Gasteiger partial charge on any atom is -0.497 e. The highest BCUT2D eigenvalue weighted by atomic mass is 16.5. The second-order valence-corrected chi connectivity index (χ2v) is 5.76. The molecule has 1 unspecified atom stereocenters. The fraction of sp³-hybridized carbons (Fsp3) is 0.533. The summed E-state index contributed by atoms with van der Waals surface area (Å²) in [6.07, 6.45) is 2.18. The zero-order chi connectivity index (χ0) is 15.4. The van der Waals surface area contributed by atoms with Gasteiger partial charge in [0.2, 0.25) is 0 Å². The minimum atomic E-state index is 0.241. The molecule has 2 N–H and O–H groups in total. The lowest BCUT2D eigenvalue weighted by molar-refractivity contribution is 0.406. The Morgan fingerprint density at radius 2 is 1.95 bits per heavy atom. The Hall–Kier alpha value is -2.11. The van der Waals surface area contributed by atoms with E-state index in [0.717, 1.165) is 24.2 Å². The van der Waals surface area contributed by atoms with Crippen LogP contribution < -0.4 is 10.5 Å². The molecule has 114 valence electrons. The number of rotatable bonds is 6. The third-order valence-electron chi connectivity index (χ3n) is 3.49. The van der Waals surface area contributed by atoms with Gasteiger partial charge in [-0.1, -0.05) is 13.8 Å². The van der Waals surface area contributed by atoms with Crippen LogP contribution in [0.5, 0.6) is 5.75 Å². The highest BCUT2D eigenvalue weighted by molar-refractivity contribution is 5.64. The van der Waals surface area contributed by atoms with Crippen LogP contribution in [0.25, 0.3) is 11.4 Å². The van der Waals surface area contributed by atoms with Gasteiger partial charge < -0.3 is 10.5 Å². The van der Waals surface area contributed by atoms with E-state index >= 15 is 0 Å². The van der Waals surface area contributed by atoms with Gasteiger partial charge in [-0.15, -0.1) is 5.10 Å². The molecule has 6 heteroatoms. The average molecular weight is 289 g/mol. The van der Waals surface area contributed by atoms with Gasteiger partial charge in [0.25, 0.3) is 0 Å². The van der Waals surface area contributed by atoms with Gasteiger partial charge in [-0.05, 0) is 48.2 Å². The first kappa shape index (κ1) is 15.3. The van der Waals surface area contributed by atoms with Gasteiger partial charge in [0.15, 0.2) is 5.82 Å². The van der Waals surface area contributed by atoms with E-state index in [1.165, 1.54) is 0 Å². The fourth-order valence-electron chi connectivity index (χ4n) is 2.25. The number of nitrogens with two attached hydrogens (primary N) is 1. The summed E-state index contributed by atoms with van der Waals surface area (Å²) in [6.45, 7) is 6.57. The van der Waals surface area contributed by atoms with Crippen molar-refractivity contribution in [2.75, 3.05) is 12.8 Å². The number of tetrazole rings is 1. The van der Waals surface area contributed by atoms with E-state index in [4.69, 9.17) is 10.5 Å². The third-order valence-corrected chi connectivity index (χ3v) is 3.49. The van der Waals surface area contributed by atoms with Crippen molar-refractivity contribution >= 4 is 5.69 Å². The SMILES string of the molecule is COc1cc(N)cc(-c2nnnn2C(C)CCC(C)C)c1. The molecular weight excluding hydrogens is 266 g/mol. The van der Waals surface area contributed by atoms with Crippen LogP contribution in [0.15, 0.2) is 18.2 Å². The summed E-state index contributed by atoms with van der Waals surface area (Å²) in [4.78, 5) is 0. The van der Waals surface area contributed by atoms with Crippen molar-refractivity contribution in [2.45, 2.75) is 39.7 Å². The Morgan fingerprint density at radius 1 is 1.19 bits per heavy atom. The Balaban J connectivity index is 2.29. The van der Waals surface area contributed by atoms with E-state index in [9.17, 15) is 0 Å². The molecule has 0 radical (unpaired) electrons. The maximum absolute atomic E-state index is 5.91. The van der Waals surface area contributed by atoms with Crippen LogP contribution in [-0.2, 0) is 0 Å². The first-order chi connectivity index (χ1) is 10.0. The van der Waals surface area contributed by atoms with Crippen LogP contribution in [0.1, 0.15) is 39.7 Å². The zero-order valence-electron chi connectivity index (χ0n) is 13.1. The minimum absolute atomic E-state index is 0.241. The van der Waals surface area contributed by atoms with Crippen molar-refractivity contribution in [2.24, 2.45) is 5.92 Å². The molecule has 0 amide bonds. The maximum atomic E-state index is 5.91. The Morgan fingerprint density at radius 3 is 2.62 bits per heavy atom. The molecule has 0 fully saturated rings. The number of benzene rings is 1.